The Balaban J connectivity index is 2.16. The molecule has 0 bridgehead atoms. The van der Waals surface area contributed by atoms with Crippen molar-refractivity contribution >= 4 is 17.3 Å². The maximum atomic E-state index is 11.5. The fourth-order valence-corrected chi connectivity index (χ4v) is 2.01. The Labute approximate surface area is 101 Å². The van der Waals surface area contributed by atoms with E-state index in [0.29, 0.717) is 13.2 Å². The molecule has 0 atom stereocenters. The van der Waals surface area contributed by atoms with Crippen LogP contribution in [0.4, 0.5) is 0 Å². The van der Waals surface area contributed by atoms with Crippen LogP contribution >= 0.6 is 11.3 Å². The Bertz CT molecular complexity index is 521. The molecule has 0 saturated carbocycles. The molecule has 2 aromatic heterocycles. The highest BCUT2D eigenvalue weighted by Crippen LogP contribution is 2.10. The number of esters is 1. The van der Waals surface area contributed by atoms with Gasteiger partial charge in [0.2, 0.25) is 0 Å². The van der Waals surface area contributed by atoms with Crippen LogP contribution in [-0.2, 0) is 11.3 Å². The molecule has 0 N–H and O–H groups in total. The van der Waals surface area contributed by atoms with Crippen molar-refractivity contribution in [2.45, 2.75) is 20.4 Å². The van der Waals surface area contributed by atoms with Gasteiger partial charge in [0, 0.05) is 11.1 Å². The molecule has 0 saturated heterocycles. The summed E-state index contributed by atoms with van der Waals surface area (Å²) in [5.41, 5.74) is 0.941. The van der Waals surface area contributed by atoms with E-state index in [4.69, 9.17) is 4.74 Å². The van der Waals surface area contributed by atoms with Gasteiger partial charge in [-0.05, 0) is 24.3 Å². The number of tetrazole rings is 1. The van der Waals surface area contributed by atoms with Gasteiger partial charge in [-0.25, -0.2) is 14.5 Å². The molecular weight excluding hydrogens is 242 g/mol. The number of aryl methyl sites for hydroxylation is 1. The zero-order valence-corrected chi connectivity index (χ0v) is 10.3. The van der Waals surface area contributed by atoms with Crippen LogP contribution < -0.4 is 0 Å². The Morgan fingerprint density at radius 2 is 2.41 bits per heavy atom. The molecule has 90 valence electrons. The third-order valence-electron chi connectivity index (χ3n) is 1.94. The molecule has 0 aliphatic heterocycles. The lowest BCUT2D eigenvalue weighted by molar-refractivity contribution is 0.0505. The second kappa shape index (κ2) is 5.00. The third-order valence-corrected chi connectivity index (χ3v) is 2.89. The minimum absolute atomic E-state index is 0.0969. The van der Waals surface area contributed by atoms with E-state index >= 15 is 0 Å². The van der Waals surface area contributed by atoms with Crippen LogP contribution in [0.3, 0.4) is 0 Å². The first kappa shape index (κ1) is 11.6. The van der Waals surface area contributed by atoms with Crippen LogP contribution in [0.2, 0.25) is 0 Å². The van der Waals surface area contributed by atoms with Crippen LogP contribution in [0.25, 0.3) is 0 Å². The summed E-state index contributed by atoms with van der Waals surface area (Å²) in [5, 5.41) is 13.6. The SMILES string of the molecule is CCOC(=O)c1nnnn1Cc1nc(C)cs1. The first-order valence-electron chi connectivity index (χ1n) is 5.05. The third kappa shape index (κ3) is 2.64. The van der Waals surface area contributed by atoms with Crippen molar-refractivity contribution < 1.29 is 9.53 Å². The number of hydrogen-bond acceptors (Lipinski definition) is 7. The summed E-state index contributed by atoms with van der Waals surface area (Å²) < 4.78 is 6.24. The largest absolute Gasteiger partial charge is 0.460 e. The van der Waals surface area contributed by atoms with E-state index in [1.54, 1.807) is 6.92 Å². The van der Waals surface area contributed by atoms with Gasteiger partial charge >= 0.3 is 5.97 Å². The summed E-state index contributed by atoms with van der Waals surface area (Å²) in [5.74, 6) is -0.425. The molecule has 8 heteroatoms. The lowest BCUT2D eigenvalue weighted by Crippen LogP contribution is -2.15. The monoisotopic (exact) mass is 253 g/mol. The van der Waals surface area contributed by atoms with Gasteiger partial charge in [-0.3, -0.25) is 0 Å². The molecular formula is C9H11N5O2S. The van der Waals surface area contributed by atoms with Gasteiger partial charge in [0.15, 0.2) is 0 Å². The summed E-state index contributed by atoms with van der Waals surface area (Å²) in [6, 6.07) is 0. The van der Waals surface area contributed by atoms with Crippen molar-refractivity contribution in [3.8, 4) is 0 Å². The zero-order valence-electron chi connectivity index (χ0n) is 9.45. The Morgan fingerprint density at radius 3 is 3.06 bits per heavy atom. The Kier molecular flexibility index (Phi) is 3.43. The van der Waals surface area contributed by atoms with Crippen LogP contribution in [-0.4, -0.2) is 37.8 Å². The molecule has 0 fully saturated rings. The number of carbonyl (C=O) groups is 1. The first-order chi connectivity index (χ1) is 8.20. The molecule has 2 rings (SSSR count). The smallest absolute Gasteiger partial charge is 0.378 e. The van der Waals surface area contributed by atoms with Gasteiger partial charge in [0.25, 0.3) is 5.82 Å². The van der Waals surface area contributed by atoms with Crippen LogP contribution in [0, 0.1) is 6.92 Å². The highest BCUT2D eigenvalue weighted by atomic mass is 32.1. The highest BCUT2D eigenvalue weighted by molar-refractivity contribution is 7.09. The Hall–Kier alpha value is -1.83. The van der Waals surface area contributed by atoms with E-state index < -0.39 is 5.97 Å². The Morgan fingerprint density at radius 1 is 1.59 bits per heavy atom. The lowest BCUT2D eigenvalue weighted by atomic mass is 10.5. The molecule has 2 aromatic rings. The predicted octanol–water partition coefficient (Wildman–Crippen LogP) is 0.663. The second-order valence-electron chi connectivity index (χ2n) is 3.26. The first-order valence-corrected chi connectivity index (χ1v) is 5.93. The van der Waals surface area contributed by atoms with E-state index in [0.717, 1.165) is 10.7 Å². The summed E-state index contributed by atoms with van der Waals surface area (Å²) in [6.45, 7) is 4.31. The number of aromatic nitrogens is 5. The number of thiazole rings is 1. The standard InChI is InChI=1S/C9H11N5O2S/c1-3-16-9(15)8-11-12-13-14(8)4-7-10-6(2)5-17-7/h5H,3-4H2,1-2H3. The molecule has 17 heavy (non-hydrogen) atoms. The summed E-state index contributed by atoms with van der Waals surface area (Å²) >= 11 is 1.50. The average Bonchev–Trinajstić information content (AvgIpc) is 2.89. The summed E-state index contributed by atoms with van der Waals surface area (Å²) in [7, 11) is 0. The van der Waals surface area contributed by atoms with E-state index in [1.807, 2.05) is 12.3 Å². The normalized spacial score (nSPS) is 10.5. The van der Waals surface area contributed by atoms with Crippen molar-refractivity contribution in [1.29, 1.82) is 0 Å². The molecule has 0 amide bonds. The van der Waals surface area contributed by atoms with Gasteiger partial charge in [-0.1, -0.05) is 0 Å². The van der Waals surface area contributed by atoms with Crippen LogP contribution in [0.1, 0.15) is 28.2 Å². The molecule has 0 spiro atoms. The van der Waals surface area contributed by atoms with Crippen LogP contribution in [0.5, 0.6) is 0 Å². The minimum Gasteiger partial charge on any atom is -0.460 e. The van der Waals surface area contributed by atoms with Crippen molar-refractivity contribution in [2.24, 2.45) is 0 Å². The molecule has 2 heterocycles. The molecule has 0 aromatic carbocycles. The fourth-order valence-electron chi connectivity index (χ4n) is 1.26. The van der Waals surface area contributed by atoms with Crippen molar-refractivity contribution in [2.75, 3.05) is 6.61 Å². The quantitative estimate of drug-likeness (QED) is 0.744. The second-order valence-corrected chi connectivity index (χ2v) is 4.21. The molecule has 0 aliphatic carbocycles. The number of nitrogens with zero attached hydrogens (tertiary/aromatic N) is 5. The summed E-state index contributed by atoms with van der Waals surface area (Å²) in [6.07, 6.45) is 0. The molecule has 7 nitrogen and oxygen atoms in total. The van der Waals surface area contributed by atoms with Crippen molar-refractivity contribution in [3.05, 3.63) is 21.9 Å². The zero-order chi connectivity index (χ0) is 12.3. The fraction of sp³-hybridized carbons (Fsp3) is 0.444. The van der Waals surface area contributed by atoms with Gasteiger partial charge in [0.1, 0.15) is 5.01 Å². The van der Waals surface area contributed by atoms with E-state index in [2.05, 4.69) is 20.5 Å². The van der Waals surface area contributed by atoms with Crippen molar-refractivity contribution in [1.82, 2.24) is 25.2 Å². The topological polar surface area (TPSA) is 82.8 Å². The highest BCUT2D eigenvalue weighted by Gasteiger charge is 2.17. The molecule has 0 aliphatic rings. The molecule has 0 radical (unpaired) electrons. The maximum Gasteiger partial charge on any atom is 0.378 e. The van der Waals surface area contributed by atoms with E-state index in [1.165, 1.54) is 16.0 Å². The molecule has 0 unspecified atom stereocenters. The minimum atomic E-state index is -0.522. The summed E-state index contributed by atoms with van der Waals surface area (Å²) in [4.78, 5) is 15.8. The van der Waals surface area contributed by atoms with Gasteiger partial charge in [-0.2, -0.15) is 0 Å². The maximum absolute atomic E-state index is 11.5. The van der Waals surface area contributed by atoms with Gasteiger partial charge < -0.3 is 4.74 Å². The number of ether oxygens (including phenoxy) is 1. The number of carbonyl (C=O) groups excluding carboxylic acids is 1. The van der Waals surface area contributed by atoms with Gasteiger partial charge in [0.05, 0.1) is 13.2 Å². The predicted molar refractivity (Wildman–Crippen MR) is 59.7 cm³/mol. The number of hydrogen-bond donors (Lipinski definition) is 0. The van der Waals surface area contributed by atoms with E-state index in [9.17, 15) is 4.79 Å². The lowest BCUT2D eigenvalue weighted by Gasteiger charge is -2.01. The number of rotatable bonds is 4. The van der Waals surface area contributed by atoms with Crippen LogP contribution in [0.15, 0.2) is 5.38 Å². The van der Waals surface area contributed by atoms with Gasteiger partial charge in [-0.15, -0.1) is 16.4 Å². The van der Waals surface area contributed by atoms with E-state index in [-0.39, 0.29) is 5.82 Å². The average molecular weight is 253 g/mol. The van der Waals surface area contributed by atoms with Crippen molar-refractivity contribution in [3.63, 3.8) is 0 Å².